The van der Waals surface area contributed by atoms with Gasteiger partial charge in [0.15, 0.2) is 0 Å². The Labute approximate surface area is 165 Å². The number of fused-ring (bicyclic) bond motifs is 1. The molecule has 142 valence electrons. The predicted molar refractivity (Wildman–Crippen MR) is 111 cm³/mol. The third kappa shape index (κ3) is 3.50. The van der Waals surface area contributed by atoms with E-state index in [-0.39, 0.29) is 12.0 Å². The second kappa shape index (κ2) is 7.47. The van der Waals surface area contributed by atoms with Crippen molar-refractivity contribution in [3.8, 4) is 17.0 Å². The largest absolute Gasteiger partial charge is 0.487 e. The van der Waals surface area contributed by atoms with E-state index in [2.05, 4.69) is 29.4 Å². The molecule has 3 aromatic rings. The number of carbonyl (C=O) groups excluding carboxylic acids is 1. The molecule has 0 saturated carbocycles. The van der Waals surface area contributed by atoms with Gasteiger partial charge in [0, 0.05) is 23.7 Å². The average Bonchev–Trinajstić information content (AvgIpc) is 3.11. The standard InChI is InChI=1S/C24H24N2O2/c1-15-9-10-16(2)21(12-15)24(27)26-14-19-13-18-7-4-8-20(23(18)28-19)22-17(3)6-5-11-25-22/h4-12,19H,13-14H2,1-3H3,(H,26,27)/t19-/m1/s1. The SMILES string of the molecule is Cc1ccc(C)c(C(=O)NC[C@H]2Cc3cccc(-c4ncccc4C)c3O2)c1. The van der Waals surface area contributed by atoms with Gasteiger partial charge in [0.2, 0.25) is 0 Å². The summed E-state index contributed by atoms with van der Waals surface area (Å²) in [5, 5.41) is 3.03. The molecule has 4 rings (SSSR count). The van der Waals surface area contributed by atoms with Crippen molar-refractivity contribution >= 4 is 5.91 Å². The number of hydrogen-bond acceptors (Lipinski definition) is 3. The molecule has 0 unspecified atom stereocenters. The van der Waals surface area contributed by atoms with Crippen molar-refractivity contribution in [1.82, 2.24) is 10.3 Å². The lowest BCUT2D eigenvalue weighted by atomic mass is 10.0. The van der Waals surface area contributed by atoms with Gasteiger partial charge in [0.1, 0.15) is 11.9 Å². The van der Waals surface area contributed by atoms with Crippen LogP contribution >= 0.6 is 0 Å². The maximum absolute atomic E-state index is 12.6. The summed E-state index contributed by atoms with van der Waals surface area (Å²) in [4.78, 5) is 17.1. The first-order valence-electron chi connectivity index (χ1n) is 9.59. The van der Waals surface area contributed by atoms with Crippen molar-refractivity contribution in [1.29, 1.82) is 0 Å². The van der Waals surface area contributed by atoms with Crippen molar-refractivity contribution < 1.29 is 9.53 Å². The van der Waals surface area contributed by atoms with Crippen LogP contribution in [-0.2, 0) is 6.42 Å². The Morgan fingerprint density at radius 3 is 2.79 bits per heavy atom. The highest BCUT2D eigenvalue weighted by Gasteiger charge is 2.27. The van der Waals surface area contributed by atoms with Gasteiger partial charge in [-0.05, 0) is 55.7 Å². The molecule has 1 aliphatic heterocycles. The molecule has 0 spiro atoms. The Morgan fingerprint density at radius 1 is 1.11 bits per heavy atom. The molecule has 0 radical (unpaired) electrons. The number of para-hydroxylation sites is 1. The minimum atomic E-state index is -0.0748. The van der Waals surface area contributed by atoms with Gasteiger partial charge in [0.25, 0.3) is 5.91 Å². The van der Waals surface area contributed by atoms with Crippen LogP contribution in [0.2, 0.25) is 0 Å². The molecule has 1 N–H and O–H groups in total. The van der Waals surface area contributed by atoms with Gasteiger partial charge in [-0.1, -0.05) is 35.9 Å². The number of pyridine rings is 1. The summed E-state index contributed by atoms with van der Waals surface area (Å²) in [6, 6.07) is 16.1. The monoisotopic (exact) mass is 372 g/mol. The van der Waals surface area contributed by atoms with Crippen LogP contribution in [0.25, 0.3) is 11.3 Å². The topological polar surface area (TPSA) is 51.2 Å². The van der Waals surface area contributed by atoms with Gasteiger partial charge in [-0.3, -0.25) is 9.78 Å². The molecule has 2 aromatic carbocycles. The van der Waals surface area contributed by atoms with E-state index in [0.29, 0.717) is 6.54 Å². The fraction of sp³-hybridized carbons (Fsp3) is 0.250. The number of nitrogens with zero attached hydrogens (tertiary/aromatic N) is 1. The van der Waals surface area contributed by atoms with Crippen molar-refractivity contribution in [2.45, 2.75) is 33.3 Å². The molecule has 0 saturated heterocycles. The van der Waals surface area contributed by atoms with Crippen molar-refractivity contribution in [3.63, 3.8) is 0 Å². The Bertz CT molecular complexity index is 1040. The summed E-state index contributed by atoms with van der Waals surface area (Å²) in [5.41, 5.74) is 7.01. The third-order valence-corrected chi connectivity index (χ3v) is 5.22. The van der Waals surface area contributed by atoms with Gasteiger partial charge in [-0.2, -0.15) is 0 Å². The molecule has 4 heteroatoms. The highest BCUT2D eigenvalue weighted by molar-refractivity contribution is 5.95. The van der Waals surface area contributed by atoms with Crippen LogP contribution in [0, 0.1) is 20.8 Å². The highest BCUT2D eigenvalue weighted by atomic mass is 16.5. The Kier molecular flexibility index (Phi) is 4.86. The third-order valence-electron chi connectivity index (χ3n) is 5.22. The van der Waals surface area contributed by atoms with Crippen LogP contribution in [0.4, 0.5) is 0 Å². The van der Waals surface area contributed by atoms with Crippen LogP contribution in [0.3, 0.4) is 0 Å². The minimum absolute atomic E-state index is 0.0541. The lowest BCUT2D eigenvalue weighted by Crippen LogP contribution is -2.34. The maximum atomic E-state index is 12.6. The van der Waals surface area contributed by atoms with Gasteiger partial charge in [-0.15, -0.1) is 0 Å². The molecule has 0 fully saturated rings. The quantitative estimate of drug-likeness (QED) is 0.738. The van der Waals surface area contributed by atoms with Crippen LogP contribution < -0.4 is 10.1 Å². The molecule has 0 aliphatic carbocycles. The molecule has 0 bridgehead atoms. The number of benzene rings is 2. The molecular weight excluding hydrogens is 348 g/mol. The Morgan fingerprint density at radius 2 is 1.96 bits per heavy atom. The summed E-state index contributed by atoms with van der Waals surface area (Å²) < 4.78 is 6.23. The number of aryl methyl sites for hydroxylation is 3. The van der Waals surface area contributed by atoms with Crippen molar-refractivity contribution in [3.05, 3.63) is 82.5 Å². The smallest absolute Gasteiger partial charge is 0.251 e. The molecule has 1 aromatic heterocycles. The van der Waals surface area contributed by atoms with Crippen LogP contribution in [0.1, 0.15) is 32.6 Å². The van der Waals surface area contributed by atoms with E-state index >= 15 is 0 Å². The first-order valence-corrected chi connectivity index (χ1v) is 9.59. The van der Waals surface area contributed by atoms with E-state index < -0.39 is 0 Å². The second-order valence-corrected chi connectivity index (χ2v) is 7.44. The highest BCUT2D eigenvalue weighted by Crippen LogP contribution is 2.38. The van der Waals surface area contributed by atoms with E-state index in [9.17, 15) is 4.79 Å². The zero-order valence-corrected chi connectivity index (χ0v) is 16.5. The number of hydrogen-bond donors (Lipinski definition) is 1. The molecule has 28 heavy (non-hydrogen) atoms. The summed E-state index contributed by atoms with van der Waals surface area (Å²) in [7, 11) is 0. The van der Waals surface area contributed by atoms with Gasteiger partial charge in [-0.25, -0.2) is 0 Å². The van der Waals surface area contributed by atoms with Crippen LogP contribution in [0.5, 0.6) is 5.75 Å². The van der Waals surface area contributed by atoms with Gasteiger partial charge < -0.3 is 10.1 Å². The second-order valence-electron chi connectivity index (χ2n) is 7.44. The number of ether oxygens (including phenoxy) is 1. The van der Waals surface area contributed by atoms with Crippen LogP contribution in [-0.4, -0.2) is 23.5 Å². The predicted octanol–water partition coefficient (Wildman–Crippen LogP) is 4.41. The molecule has 4 nitrogen and oxygen atoms in total. The zero-order chi connectivity index (χ0) is 19.7. The first-order chi connectivity index (χ1) is 13.5. The van der Waals surface area contributed by atoms with E-state index in [1.54, 1.807) is 6.20 Å². The zero-order valence-electron chi connectivity index (χ0n) is 16.5. The lowest BCUT2D eigenvalue weighted by molar-refractivity contribution is 0.0933. The lowest BCUT2D eigenvalue weighted by Gasteiger charge is -2.15. The molecule has 1 amide bonds. The number of amides is 1. The number of nitrogens with one attached hydrogen (secondary N) is 1. The summed E-state index contributed by atoms with van der Waals surface area (Å²) >= 11 is 0. The fourth-order valence-corrected chi connectivity index (χ4v) is 3.69. The average molecular weight is 372 g/mol. The number of aromatic nitrogens is 1. The van der Waals surface area contributed by atoms with Gasteiger partial charge >= 0.3 is 0 Å². The van der Waals surface area contributed by atoms with Crippen molar-refractivity contribution in [2.24, 2.45) is 0 Å². The van der Waals surface area contributed by atoms with E-state index in [0.717, 1.165) is 51.2 Å². The van der Waals surface area contributed by atoms with Crippen molar-refractivity contribution in [2.75, 3.05) is 6.54 Å². The maximum Gasteiger partial charge on any atom is 0.251 e. The molecular formula is C24H24N2O2. The fourth-order valence-electron chi connectivity index (χ4n) is 3.69. The van der Waals surface area contributed by atoms with Crippen LogP contribution in [0.15, 0.2) is 54.7 Å². The Balaban J connectivity index is 1.49. The minimum Gasteiger partial charge on any atom is -0.487 e. The van der Waals surface area contributed by atoms with E-state index in [1.165, 1.54) is 0 Å². The molecule has 1 atom stereocenters. The number of carbonyl (C=O) groups is 1. The summed E-state index contributed by atoms with van der Waals surface area (Å²) in [5.74, 6) is 0.830. The summed E-state index contributed by atoms with van der Waals surface area (Å²) in [6.07, 6.45) is 2.51. The normalized spacial score (nSPS) is 15.0. The Hall–Kier alpha value is -3.14. The number of rotatable bonds is 4. The molecule has 2 heterocycles. The molecule has 1 aliphatic rings. The van der Waals surface area contributed by atoms with E-state index in [4.69, 9.17) is 4.74 Å². The van der Waals surface area contributed by atoms with Gasteiger partial charge in [0.05, 0.1) is 12.2 Å². The summed E-state index contributed by atoms with van der Waals surface area (Å²) in [6.45, 7) is 6.48. The van der Waals surface area contributed by atoms with E-state index in [1.807, 2.05) is 50.2 Å². The first kappa shape index (κ1) is 18.2.